The monoisotopic (exact) mass is 272 g/mol. The summed E-state index contributed by atoms with van der Waals surface area (Å²) in [6.07, 6.45) is 3.23. The Kier molecular flexibility index (Phi) is 5.87. The molecule has 0 radical (unpaired) electrons. The van der Waals surface area contributed by atoms with Gasteiger partial charge in [0.2, 0.25) is 10.0 Å². The van der Waals surface area contributed by atoms with E-state index in [1.807, 2.05) is 12.1 Å². The van der Waals surface area contributed by atoms with Crippen LogP contribution in [0.4, 0.5) is 11.5 Å². The van der Waals surface area contributed by atoms with Gasteiger partial charge in [-0.3, -0.25) is 0 Å². The zero-order valence-corrected chi connectivity index (χ0v) is 11.3. The largest absolute Gasteiger partial charge is 0.385 e. The van der Waals surface area contributed by atoms with Crippen molar-refractivity contribution >= 4 is 21.5 Å². The highest BCUT2D eigenvalue weighted by molar-refractivity contribution is 7.89. The van der Waals surface area contributed by atoms with Gasteiger partial charge in [0, 0.05) is 31.0 Å². The number of nitrogens with one attached hydrogen (secondary N) is 2. The summed E-state index contributed by atoms with van der Waals surface area (Å²) in [5.41, 5.74) is 0.915. The molecule has 1 rings (SSSR count). The van der Waals surface area contributed by atoms with Gasteiger partial charge in [0.05, 0.1) is 5.75 Å². The second-order valence-corrected chi connectivity index (χ2v) is 5.74. The summed E-state index contributed by atoms with van der Waals surface area (Å²) in [6.45, 7) is 3.53. The van der Waals surface area contributed by atoms with E-state index in [1.54, 1.807) is 6.20 Å². The van der Waals surface area contributed by atoms with Crippen LogP contribution < -0.4 is 15.8 Å². The van der Waals surface area contributed by atoms with Gasteiger partial charge in [-0.05, 0) is 18.9 Å². The summed E-state index contributed by atoms with van der Waals surface area (Å²) in [4.78, 5) is 4.18. The minimum Gasteiger partial charge on any atom is -0.385 e. The molecule has 0 atom stereocenters. The van der Waals surface area contributed by atoms with Crippen molar-refractivity contribution in [3.8, 4) is 0 Å². The molecule has 6 nitrogen and oxygen atoms in total. The number of hydrogen-bond acceptors (Lipinski definition) is 5. The van der Waals surface area contributed by atoms with Gasteiger partial charge in [-0.1, -0.05) is 6.92 Å². The number of sulfonamides is 1. The lowest BCUT2D eigenvalue weighted by Gasteiger charge is -2.08. The van der Waals surface area contributed by atoms with Crippen molar-refractivity contribution in [1.29, 1.82) is 0 Å². The van der Waals surface area contributed by atoms with Gasteiger partial charge >= 0.3 is 0 Å². The van der Waals surface area contributed by atoms with E-state index in [0.29, 0.717) is 13.0 Å². The van der Waals surface area contributed by atoms with Gasteiger partial charge in [-0.15, -0.1) is 0 Å². The maximum Gasteiger partial charge on any atom is 0.209 e. The van der Waals surface area contributed by atoms with Gasteiger partial charge in [-0.2, -0.15) is 0 Å². The van der Waals surface area contributed by atoms with Crippen LogP contribution in [-0.2, 0) is 10.0 Å². The van der Waals surface area contributed by atoms with Crippen molar-refractivity contribution in [3.05, 3.63) is 18.3 Å². The minimum absolute atomic E-state index is 0.00791. The molecule has 0 spiro atoms. The first-order valence-electron chi connectivity index (χ1n) is 5.95. The molecule has 1 aromatic rings. The zero-order valence-electron chi connectivity index (χ0n) is 10.5. The Hall–Kier alpha value is -1.34. The number of primary sulfonamides is 1. The molecule has 18 heavy (non-hydrogen) atoms. The second-order valence-electron chi connectivity index (χ2n) is 4.00. The maximum absolute atomic E-state index is 10.7. The topological polar surface area (TPSA) is 97.1 Å². The summed E-state index contributed by atoms with van der Waals surface area (Å²) in [7, 11) is -3.36. The highest BCUT2D eigenvalue weighted by Gasteiger charge is 2.01. The molecule has 4 N–H and O–H groups in total. The number of pyridine rings is 1. The Labute approximate surface area is 108 Å². The summed E-state index contributed by atoms with van der Waals surface area (Å²) in [5.74, 6) is 0.805. The van der Waals surface area contributed by atoms with Gasteiger partial charge in [0.15, 0.2) is 0 Å². The maximum atomic E-state index is 10.7. The van der Waals surface area contributed by atoms with Crippen LogP contribution in [0.25, 0.3) is 0 Å². The lowest BCUT2D eigenvalue weighted by atomic mass is 10.3. The van der Waals surface area contributed by atoms with Crippen molar-refractivity contribution in [3.63, 3.8) is 0 Å². The van der Waals surface area contributed by atoms with E-state index in [1.165, 1.54) is 0 Å². The molecule has 0 fully saturated rings. The van der Waals surface area contributed by atoms with E-state index in [0.717, 1.165) is 24.5 Å². The van der Waals surface area contributed by atoms with Gasteiger partial charge in [0.25, 0.3) is 0 Å². The number of nitrogens with two attached hydrogens (primary N) is 1. The van der Waals surface area contributed by atoms with Crippen LogP contribution in [0.15, 0.2) is 18.3 Å². The van der Waals surface area contributed by atoms with Gasteiger partial charge < -0.3 is 10.6 Å². The highest BCUT2D eigenvalue weighted by atomic mass is 32.2. The third-order valence-corrected chi connectivity index (χ3v) is 3.11. The average molecular weight is 272 g/mol. The predicted molar refractivity (Wildman–Crippen MR) is 74.1 cm³/mol. The van der Waals surface area contributed by atoms with Crippen molar-refractivity contribution in [2.45, 2.75) is 19.8 Å². The van der Waals surface area contributed by atoms with Crippen molar-refractivity contribution in [1.82, 2.24) is 4.98 Å². The summed E-state index contributed by atoms with van der Waals surface area (Å²) >= 11 is 0. The first-order chi connectivity index (χ1) is 8.51. The third-order valence-electron chi connectivity index (χ3n) is 2.25. The molecule has 0 aromatic carbocycles. The van der Waals surface area contributed by atoms with E-state index in [9.17, 15) is 8.42 Å². The fraction of sp³-hybridized carbons (Fsp3) is 0.545. The quantitative estimate of drug-likeness (QED) is 0.613. The van der Waals surface area contributed by atoms with Crippen LogP contribution in [-0.4, -0.2) is 32.2 Å². The number of rotatable bonds is 8. The highest BCUT2D eigenvalue weighted by Crippen LogP contribution is 2.11. The van der Waals surface area contributed by atoms with Crippen molar-refractivity contribution in [2.24, 2.45) is 5.14 Å². The normalized spacial score (nSPS) is 11.2. The molecule has 0 amide bonds. The Morgan fingerprint density at radius 2 is 2.11 bits per heavy atom. The lowest BCUT2D eigenvalue weighted by molar-refractivity contribution is 0.596. The first-order valence-corrected chi connectivity index (χ1v) is 7.67. The molecular weight excluding hydrogens is 252 g/mol. The molecule has 0 aliphatic rings. The summed E-state index contributed by atoms with van der Waals surface area (Å²) in [6, 6.07) is 3.74. The van der Waals surface area contributed by atoms with Crippen molar-refractivity contribution < 1.29 is 8.42 Å². The van der Waals surface area contributed by atoms with Gasteiger partial charge in [0.1, 0.15) is 5.82 Å². The standard InChI is InChI=1S/C11H20N4O2S/c1-2-5-14-11-9-10(4-7-15-11)13-6-3-8-18(12,16)17/h4,7,9H,2-3,5-6,8H2,1H3,(H2,12,16,17)(H2,13,14,15). The fourth-order valence-electron chi connectivity index (χ4n) is 1.40. The molecular formula is C11H20N4O2S. The van der Waals surface area contributed by atoms with Gasteiger partial charge in [-0.25, -0.2) is 18.5 Å². The molecule has 7 heteroatoms. The minimum atomic E-state index is -3.36. The van der Waals surface area contributed by atoms with E-state index in [4.69, 9.17) is 5.14 Å². The molecule has 0 aliphatic heterocycles. The number of hydrogen-bond donors (Lipinski definition) is 3. The zero-order chi connectivity index (χ0) is 13.4. The van der Waals surface area contributed by atoms with Crippen LogP contribution in [0.2, 0.25) is 0 Å². The smallest absolute Gasteiger partial charge is 0.209 e. The van der Waals surface area contributed by atoms with Crippen molar-refractivity contribution in [2.75, 3.05) is 29.5 Å². The Morgan fingerprint density at radius 1 is 1.33 bits per heavy atom. The summed E-state index contributed by atoms with van der Waals surface area (Å²) < 4.78 is 21.5. The predicted octanol–water partition coefficient (Wildman–Crippen LogP) is 0.994. The van der Waals surface area contributed by atoms with E-state index >= 15 is 0 Å². The Morgan fingerprint density at radius 3 is 2.78 bits per heavy atom. The molecule has 0 saturated heterocycles. The fourth-order valence-corrected chi connectivity index (χ4v) is 1.94. The number of nitrogens with zero attached hydrogens (tertiary/aromatic N) is 1. The third kappa shape index (κ3) is 6.41. The van der Waals surface area contributed by atoms with Crippen LogP contribution in [0.3, 0.4) is 0 Å². The molecule has 0 bridgehead atoms. The number of aromatic nitrogens is 1. The molecule has 0 unspecified atom stereocenters. The molecule has 0 aliphatic carbocycles. The van der Waals surface area contributed by atoms with Crippen LogP contribution in [0.1, 0.15) is 19.8 Å². The lowest BCUT2D eigenvalue weighted by Crippen LogP contribution is -2.18. The van der Waals surface area contributed by atoms with Crippen LogP contribution in [0, 0.1) is 0 Å². The van der Waals surface area contributed by atoms with E-state index < -0.39 is 10.0 Å². The molecule has 1 heterocycles. The van der Waals surface area contributed by atoms with Crippen LogP contribution in [0.5, 0.6) is 0 Å². The molecule has 0 saturated carbocycles. The summed E-state index contributed by atoms with van der Waals surface area (Å²) in [5, 5.41) is 11.2. The molecule has 1 aromatic heterocycles. The van der Waals surface area contributed by atoms with Crippen LogP contribution >= 0.6 is 0 Å². The average Bonchev–Trinajstić information content (AvgIpc) is 2.31. The second kappa shape index (κ2) is 7.17. The first kappa shape index (κ1) is 14.7. The SMILES string of the molecule is CCCNc1cc(NCCCS(N)(=O)=O)ccn1. The van der Waals surface area contributed by atoms with E-state index in [-0.39, 0.29) is 5.75 Å². The molecule has 102 valence electrons. The Bertz CT molecular complexity index is 462. The number of anilines is 2. The van der Waals surface area contributed by atoms with E-state index in [2.05, 4.69) is 22.5 Å². The Balaban J connectivity index is 2.38.